The molecule has 0 radical (unpaired) electrons. The van der Waals surface area contributed by atoms with E-state index in [0.29, 0.717) is 29.9 Å². The lowest BCUT2D eigenvalue weighted by molar-refractivity contribution is -0.130. The van der Waals surface area contributed by atoms with Gasteiger partial charge in [0.15, 0.2) is 0 Å². The van der Waals surface area contributed by atoms with Crippen molar-refractivity contribution in [3.63, 3.8) is 0 Å². The van der Waals surface area contributed by atoms with Gasteiger partial charge in [-0.3, -0.25) is 4.79 Å². The second-order valence-corrected chi connectivity index (χ2v) is 9.16. The van der Waals surface area contributed by atoms with Crippen molar-refractivity contribution in [1.29, 1.82) is 0 Å². The van der Waals surface area contributed by atoms with E-state index in [1.54, 1.807) is 4.90 Å². The molecule has 1 heterocycles. The van der Waals surface area contributed by atoms with Crippen LogP contribution in [0.2, 0.25) is 5.02 Å². The Morgan fingerprint density at radius 3 is 2.52 bits per heavy atom. The Kier molecular flexibility index (Phi) is 6.38. The van der Waals surface area contributed by atoms with Crippen LogP contribution in [-0.2, 0) is 14.8 Å². The van der Waals surface area contributed by atoms with Crippen molar-refractivity contribution in [3.05, 3.63) is 29.3 Å². The molecule has 0 bridgehead atoms. The maximum absolute atomic E-state index is 12.5. The fourth-order valence-corrected chi connectivity index (χ4v) is 4.92. The molecular formula is C16H23Cl2N3O3S. The third kappa shape index (κ3) is 4.11. The van der Waals surface area contributed by atoms with Gasteiger partial charge < -0.3 is 10.6 Å². The number of halogens is 2. The molecule has 2 aliphatic rings. The summed E-state index contributed by atoms with van der Waals surface area (Å²) in [6.07, 6.45) is 2.07. The van der Waals surface area contributed by atoms with E-state index in [1.807, 2.05) is 0 Å². The van der Waals surface area contributed by atoms with E-state index in [0.717, 1.165) is 17.1 Å². The van der Waals surface area contributed by atoms with E-state index in [1.165, 1.54) is 31.3 Å². The van der Waals surface area contributed by atoms with E-state index >= 15 is 0 Å². The summed E-state index contributed by atoms with van der Waals surface area (Å²) >= 11 is 5.79. The Morgan fingerprint density at radius 2 is 1.92 bits per heavy atom. The summed E-state index contributed by atoms with van der Waals surface area (Å²) in [6, 6.07) is 6.08. The van der Waals surface area contributed by atoms with Crippen molar-refractivity contribution >= 4 is 39.9 Å². The van der Waals surface area contributed by atoms with Gasteiger partial charge in [-0.15, -0.1) is 12.4 Å². The summed E-state index contributed by atoms with van der Waals surface area (Å²) in [6.45, 7) is 1.16. The molecule has 1 saturated carbocycles. The number of hydrogen-bond donors (Lipinski definition) is 1. The van der Waals surface area contributed by atoms with Crippen molar-refractivity contribution in [2.24, 2.45) is 17.6 Å². The molecule has 2 N–H and O–H groups in total. The number of fused-ring (bicyclic) bond motifs is 1. The molecule has 1 aliphatic heterocycles. The fraction of sp³-hybridized carbons (Fsp3) is 0.562. The van der Waals surface area contributed by atoms with Crippen molar-refractivity contribution in [3.8, 4) is 0 Å². The molecule has 3 rings (SSSR count). The highest BCUT2D eigenvalue weighted by Crippen LogP contribution is 2.37. The first-order valence-corrected chi connectivity index (χ1v) is 9.86. The second-order valence-electron chi connectivity index (χ2n) is 6.68. The number of likely N-dealkylation sites (tertiary alicyclic amines) is 1. The summed E-state index contributed by atoms with van der Waals surface area (Å²) in [5.74, 6) is 0.644. The summed E-state index contributed by atoms with van der Waals surface area (Å²) in [7, 11) is -2.29. The Morgan fingerprint density at radius 1 is 1.28 bits per heavy atom. The monoisotopic (exact) mass is 407 g/mol. The predicted molar refractivity (Wildman–Crippen MR) is 99.3 cm³/mol. The lowest BCUT2D eigenvalue weighted by Crippen LogP contribution is -2.41. The highest BCUT2D eigenvalue weighted by molar-refractivity contribution is 7.89. The van der Waals surface area contributed by atoms with Gasteiger partial charge in [0.2, 0.25) is 15.9 Å². The van der Waals surface area contributed by atoms with E-state index in [4.69, 9.17) is 17.3 Å². The van der Waals surface area contributed by atoms with Gasteiger partial charge >= 0.3 is 0 Å². The van der Waals surface area contributed by atoms with Gasteiger partial charge in [0.1, 0.15) is 0 Å². The lowest BCUT2D eigenvalue weighted by Gasteiger charge is -2.22. The predicted octanol–water partition coefficient (Wildman–Crippen LogP) is 1.58. The van der Waals surface area contributed by atoms with Crippen LogP contribution in [0, 0.1) is 11.8 Å². The first-order chi connectivity index (χ1) is 11.3. The van der Waals surface area contributed by atoms with Gasteiger partial charge in [0.05, 0.1) is 11.4 Å². The lowest BCUT2D eigenvalue weighted by atomic mass is 9.98. The highest BCUT2D eigenvalue weighted by Gasteiger charge is 2.42. The molecule has 3 unspecified atom stereocenters. The maximum Gasteiger partial charge on any atom is 0.243 e. The van der Waals surface area contributed by atoms with Crippen LogP contribution in [0.4, 0.5) is 0 Å². The summed E-state index contributed by atoms with van der Waals surface area (Å²) in [5.41, 5.74) is 6.09. The number of carbonyl (C=O) groups is 1. The molecule has 6 nitrogen and oxygen atoms in total. The fourth-order valence-electron chi connectivity index (χ4n) is 3.67. The number of nitrogens with two attached hydrogens (primary N) is 1. The molecule has 1 aromatic carbocycles. The third-order valence-corrected chi connectivity index (χ3v) is 7.21. The number of likely N-dealkylation sites (N-methyl/N-ethyl adjacent to an activating group) is 1. The van der Waals surface area contributed by atoms with E-state index in [-0.39, 0.29) is 35.8 Å². The molecule has 0 aromatic heterocycles. The van der Waals surface area contributed by atoms with Crippen LogP contribution < -0.4 is 5.73 Å². The van der Waals surface area contributed by atoms with Crippen LogP contribution in [0.25, 0.3) is 0 Å². The average molecular weight is 408 g/mol. The topological polar surface area (TPSA) is 83.7 Å². The summed E-state index contributed by atoms with van der Waals surface area (Å²) < 4.78 is 26.2. The SMILES string of the molecule is CN(CC(=O)N1CC2CCC(N)C2C1)S(=O)(=O)c1ccc(Cl)cc1.Cl. The van der Waals surface area contributed by atoms with Gasteiger partial charge in [-0.2, -0.15) is 4.31 Å². The Balaban J connectivity index is 0.00000225. The largest absolute Gasteiger partial charge is 0.341 e. The van der Waals surface area contributed by atoms with Crippen LogP contribution in [0.15, 0.2) is 29.2 Å². The Hall–Kier alpha value is -0.860. The van der Waals surface area contributed by atoms with Crippen LogP contribution in [0.5, 0.6) is 0 Å². The van der Waals surface area contributed by atoms with Gasteiger partial charge in [0, 0.05) is 31.2 Å². The molecule has 0 spiro atoms. The van der Waals surface area contributed by atoms with Gasteiger partial charge in [-0.25, -0.2) is 8.42 Å². The maximum atomic E-state index is 12.5. The van der Waals surface area contributed by atoms with E-state index < -0.39 is 10.0 Å². The molecule has 3 atom stereocenters. The minimum Gasteiger partial charge on any atom is -0.341 e. The third-order valence-electron chi connectivity index (χ3n) is 5.14. The van der Waals surface area contributed by atoms with Crippen LogP contribution in [-0.4, -0.2) is 56.3 Å². The van der Waals surface area contributed by atoms with Gasteiger partial charge in [-0.05, 0) is 48.9 Å². The zero-order chi connectivity index (χ0) is 17.5. The minimum atomic E-state index is -3.71. The molecule has 9 heteroatoms. The smallest absolute Gasteiger partial charge is 0.243 e. The number of carbonyl (C=O) groups excluding carboxylic acids is 1. The number of benzene rings is 1. The summed E-state index contributed by atoms with van der Waals surface area (Å²) in [4.78, 5) is 14.4. The molecule has 2 fully saturated rings. The van der Waals surface area contributed by atoms with Gasteiger partial charge in [-0.1, -0.05) is 11.6 Å². The molecule has 1 aliphatic carbocycles. The van der Waals surface area contributed by atoms with Crippen LogP contribution in [0.3, 0.4) is 0 Å². The molecular weight excluding hydrogens is 385 g/mol. The first kappa shape index (κ1) is 20.5. The van der Waals surface area contributed by atoms with E-state index in [9.17, 15) is 13.2 Å². The van der Waals surface area contributed by atoms with Crippen molar-refractivity contribution < 1.29 is 13.2 Å². The van der Waals surface area contributed by atoms with E-state index in [2.05, 4.69) is 0 Å². The van der Waals surface area contributed by atoms with Gasteiger partial charge in [0.25, 0.3) is 0 Å². The highest BCUT2D eigenvalue weighted by atomic mass is 35.5. The number of amides is 1. The zero-order valence-electron chi connectivity index (χ0n) is 14.0. The van der Waals surface area contributed by atoms with Crippen LogP contribution >= 0.6 is 24.0 Å². The standard InChI is InChI=1S/C16H22ClN3O3S.ClH/c1-19(24(22,23)13-5-3-12(17)4-6-13)10-16(21)20-8-11-2-7-15(18)14(11)9-20;/h3-6,11,14-15H,2,7-10,18H2,1H3;1H. The number of nitrogens with zero attached hydrogens (tertiary/aromatic N) is 2. The molecule has 25 heavy (non-hydrogen) atoms. The van der Waals surface area contributed by atoms with Crippen molar-refractivity contribution in [2.75, 3.05) is 26.7 Å². The molecule has 1 amide bonds. The number of rotatable bonds is 4. The Bertz CT molecular complexity index is 727. The zero-order valence-corrected chi connectivity index (χ0v) is 16.4. The second kappa shape index (κ2) is 7.80. The molecule has 1 saturated heterocycles. The summed E-state index contributed by atoms with van der Waals surface area (Å²) in [5, 5.41) is 0.465. The normalized spacial score (nSPS) is 25.8. The first-order valence-electron chi connectivity index (χ1n) is 8.04. The number of sulfonamides is 1. The average Bonchev–Trinajstić information content (AvgIpc) is 3.10. The van der Waals surface area contributed by atoms with Crippen molar-refractivity contribution in [2.45, 2.75) is 23.8 Å². The molecule has 1 aromatic rings. The minimum absolute atomic E-state index is 0. The molecule has 140 valence electrons. The van der Waals surface area contributed by atoms with Crippen molar-refractivity contribution in [1.82, 2.24) is 9.21 Å². The quantitative estimate of drug-likeness (QED) is 0.820. The Labute approximate surface area is 159 Å². The van der Waals surface area contributed by atoms with Crippen LogP contribution in [0.1, 0.15) is 12.8 Å². The number of hydrogen-bond acceptors (Lipinski definition) is 4.